The van der Waals surface area contributed by atoms with Crippen molar-refractivity contribution in [1.82, 2.24) is 0 Å². The molecule has 0 aliphatic heterocycles. The zero-order chi connectivity index (χ0) is 9.97. The highest BCUT2D eigenvalue weighted by atomic mass is 32.2. The van der Waals surface area contributed by atoms with Crippen molar-refractivity contribution in [3.05, 3.63) is 47.0 Å². The molecule has 1 aromatic carbocycles. The van der Waals surface area contributed by atoms with Gasteiger partial charge in [-0.05, 0) is 0 Å². The number of benzene rings is 1. The monoisotopic (exact) mass is 222 g/mol. The Hall–Kier alpha value is -0.800. The Morgan fingerprint density at radius 2 is 2.00 bits per heavy atom. The summed E-state index contributed by atoms with van der Waals surface area (Å²) in [6, 6.07) is 10.4. The molecule has 1 nitrogen and oxygen atoms in total. The number of aryl methyl sites for hydroxylation is 1. The summed E-state index contributed by atoms with van der Waals surface area (Å²) in [5, 5.41) is 2.13. The third-order valence-electron chi connectivity index (χ3n) is 2.18. The summed E-state index contributed by atoms with van der Waals surface area (Å²) in [7, 11) is 0. The molecular weight excluding hydrogens is 210 g/mol. The van der Waals surface area contributed by atoms with Gasteiger partial charge in [0.25, 0.3) is 4.34 Å². The largest absolute Gasteiger partial charge is 0.294 e. The van der Waals surface area contributed by atoms with Crippen LogP contribution in [0.4, 0.5) is 0 Å². The Balaban J connectivity index is 2.27. The van der Waals surface area contributed by atoms with Crippen LogP contribution in [0.15, 0.2) is 40.1 Å². The Kier molecular flexibility index (Phi) is 2.89. The minimum Gasteiger partial charge on any atom is -0.177 e. The first kappa shape index (κ1) is 9.74. The van der Waals surface area contributed by atoms with Gasteiger partial charge in [0.15, 0.2) is 12.2 Å². The Bertz CT molecular complexity index is 401. The molecule has 3 heteroatoms. The van der Waals surface area contributed by atoms with Crippen LogP contribution in [0.2, 0.25) is 0 Å². The van der Waals surface area contributed by atoms with Crippen LogP contribution in [0, 0.1) is 6.92 Å². The zero-order valence-corrected chi connectivity index (χ0v) is 9.68. The molecule has 0 amide bonds. The van der Waals surface area contributed by atoms with Crippen molar-refractivity contribution in [3.8, 4) is 0 Å². The minimum atomic E-state index is 0.912. The van der Waals surface area contributed by atoms with Crippen LogP contribution in [0.1, 0.15) is 11.3 Å². The van der Waals surface area contributed by atoms with Crippen molar-refractivity contribution >= 4 is 24.0 Å². The van der Waals surface area contributed by atoms with E-state index in [1.807, 2.05) is 6.07 Å². The van der Waals surface area contributed by atoms with Gasteiger partial charge in [0, 0.05) is 12.5 Å². The van der Waals surface area contributed by atoms with E-state index in [1.54, 1.807) is 11.3 Å². The lowest BCUT2D eigenvalue weighted by Gasteiger charge is -1.97. The van der Waals surface area contributed by atoms with Crippen LogP contribution >= 0.6 is 24.0 Å². The number of nitrogens with zero attached hydrogens (tertiary/aromatic N) is 1. The molecule has 1 heterocycles. The summed E-state index contributed by atoms with van der Waals surface area (Å²) in [6.07, 6.45) is 0. The predicted molar refractivity (Wildman–Crippen MR) is 62.0 cm³/mol. The van der Waals surface area contributed by atoms with Crippen LogP contribution < -0.4 is 4.57 Å². The van der Waals surface area contributed by atoms with Crippen molar-refractivity contribution in [2.75, 3.05) is 0 Å². The first-order valence-electron chi connectivity index (χ1n) is 4.48. The third-order valence-corrected chi connectivity index (χ3v) is 3.62. The fraction of sp³-hybridized carbons (Fsp3) is 0.182. The molecule has 0 N–H and O–H groups in total. The fourth-order valence-corrected chi connectivity index (χ4v) is 2.50. The summed E-state index contributed by atoms with van der Waals surface area (Å²) in [5.41, 5.74) is 2.58. The van der Waals surface area contributed by atoms with E-state index in [4.69, 9.17) is 0 Å². The van der Waals surface area contributed by atoms with Gasteiger partial charge in [-0.3, -0.25) is 0 Å². The molecule has 0 atom stereocenters. The van der Waals surface area contributed by atoms with Crippen LogP contribution in [-0.2, 0) is 6.54 Å². The molecule has 0 saturated carbocycles. The van der Waals surface area contributed by atoms with Crippen molar-refractivity contribution in [1.29, 1.82) is 0 Å². The maximum absolute atomic E-state index is 4.43. The summed E-state index contributed by atoms with van der Waals surface area (Å²) in [4.78, 5) is 0. The number of aromatic nitrogens is 1. The molecule has 2 aromatic rings. The van der Waals surface area contributed by atoms with Crippen molar-refractivity contribution in [2.45, 2.75) is 17.8 Å². The summed E-state index contributed by atoms with van der Waals surface area (Å²) in [5.74, 6) is 0. The smallest absolute Gasteiger partial charge is 0.177 e. The number of thiol groups is 1. The average Bonchev–Trinajstić information content (AvgIpc) is 2.51. The summed E-state index contributed by atoms with van der Waals surface area (Å²) < 4.78 is 3.27. The second kappa shape index (κ2) is 4.15. The van der Waals surface area contributed by atoms with Gasteiger partial charge >= 0.3 is 0 Å². The zero-order valence-electron chi connectivity index (χ0n) is 7.97. The molecule has 0 spiro atoms. The number of rotatable bonds is 2. The standard InChI is InChI=1S/C11H11NS2/c1-9-8-14-11(13)12(9)7-10-5-3-2-4-6-10/h2-6,8H,7H2,1H3/p+1. The second-order valence-electron chi connectivity index (χ2n) is 3.23. The highest BCUT2D eigenvalue weighted by Crippen LogP contribution is 2.11. The predicted octanol–water partition coefficient (Wildman–Crippen LogP) is 2.68. The maximum atomic E-state index is 4.43. The normalized spacial score (nSPS) is 10.4. The minimum absolute atomic E-state index is 0.912. The lowest BCUT2D eigenvalue weighted by Crippen LogP contribution is -2.36. The Labute approximate surface area is 93.4 Å². The number of thiazole rings is 1. The molecule has 0 fully saturated rings. The summed E-state index contributed by atoms with van der Waals surface area (Å²) >= 11 is 6.11. The molecule has 0 unspecified atom stereocenters. The SMILES string of the molecule is Cc1csc(S)[n+]1Cc1ccccc1. The third kappa shape index (κ3) is 1.99. The van der Waals surface area contributed by atoms with Gasteiger partial charge in [-0.1, -0.05) is 54.3 Å². The van der Waals surface area contributed by atoms with Crippen LogP contribution in [0.25, 0.3) is 0 Å². The highest BCUT2D eigenvalue weighted by molar-refractivity contribution is 7.82. The number of hydrogen-bond donors (Lipinski definition) is 1. The van der Waals surface area contributed by atoms with Gasteiger partial charge in [-0.25, -0.2) is 0 Å². The van der Waals surface area contributed by atoms with E-state index < -0.39 is 0 Å². The number of hydrogen-bond acceptors (Lipinski definition) is 2. The fourth-order valence-electron chi connectivity index (χ4n) is 1.37. The molecule has 0 aliphatic carbocycles. The Morgan fingerprint density at radius 1 is 1.29 bits per heavy atom. The molecule has 0 bridgehead atoms. The van der Waals surface area contributed by atoms with E-state index in [1.165, 1.54) is 11.3 Å². The van der Waals surface area contributed by atoms with Gasteiger partial charge in [-0.15, -0.1) is 0 Å². The highest BCUT2D eigenvalue weighted by Gasteiger charge is 2.13. The van der Waals surface area contributed by atoms with Gasteiger partial charge in [0.05, 0.1) is 5.38 Å². The molecule has 72 valence electrons. The van der Waals surface area contributed by atoms with E-state index in [9.17, 15) is 0 Å². The van der Waals surface area contributed by atoms with E-state index in [2.05, 4.69) is 53.8 Å². The molecule has 0 aliphatic rings. The molecule has 14 heavy (non-hydrogen) atoms. The van der Waals surface area contributed by atoms with Crippen LogP contribution in [-0.4, -0.2) is 0 Å². The molecule has 2 rings (SSSR count). The molecule has 1 aromatic heterocycles. The van der Waals surface area contributed by atoms with Crippen molar-refractivity contribution < 1.29 is 4.57 Å². The van der Waals surface area contributed by atoms with Gasteiger partial charge in [-0.2, -0.15) is 4.57 Å². The molecule has 0 radical (unpaired) electrons. The van der Waals surface area contributed by atoms with Crippen molar-refractivity contribution in [2.24, 2.45) is 0 Å². The van der Waals surface area contributed by atoms with Gasteiger partial charge in [0.2, 0.25) is 0 Å². The van der Waals surface area contributed by atoms with Gasteiger partial charge < -0.3 is 0 Å². The molecular formula is C11H12NS2+. The second-order valence-corrected chi connectivity index (χ2v) is 4.82. The first-order chi connectivity index (χ1) is 6.77. The molecule has 0 saturated heterocycles. The maximum Gasteiger partial charge on any atom is 0.294 e. The van der Waals surface area contributed by atoms with E-state index >= 15 is 0 Å². The Morgan fingerprint density at radius 3 is 2.57 bits per heavy atom. The van der Waals surface area contributed by atoms with E-state index in [0.717, 1.165) is 10.9 Å². The average molecular weight is 222 g/mol. The summed E-state index contributed by atoms with van der Waals surface area (Å²) in [6.45, 7) is 3.02. The van der Waals surface area contributed by atoms with Crippen LogP contribution in [0.3, 0.4) is 0 Å². The first-order valence-corrected chi connectivity index (χ1v) is 5.81. The lowest BCUT2D eigenvalue weighted by molar-refractivity contribution is -0.723. The topological polar surface area (TPSA) is 3.88 Å². The van der Waals surface area contributed by atoms with Crippen molar-refractivity contribution in [3.63, 3.8) is 0 Å². The van der Waals surface area contributed by atoms with Crippen LogP contribution in [0.5, 0.6) is 0 Å². The van der Waals surface area contributed by atoms with E-state index in [0.29, 0.717) is 0 Å². The quantitative estimate of drug-likeness (QED) is 0.588. The lowest BCUT2D eigenvalue weighted by atomic mass is 10.2. The van der Waals surface area contributed by atoms with Gasteiger partial charge in [0.1, 0.15) is 0 Å². The van der Waals surface area contributed by atoms with E-state index in [-0.39, 0.29) is 0 Å².